The van der Waals surface area contributed by atoms with Gasteiger partial charge in [0, 0.05) is 0 Å². The van der Waals surface area contributed by atoms with Crippen molar-refractivity contribution in [3.8, 4) is 0 Å². The number of benzene rings is 1. The van der Waals surface area contributed by atoms with Crippen molar-refractivity contribution in [3.05, 3.63) is 35.4 Å². The van der Waals surface area contributed by atoms with Gasteiger partial charge >= 0.3 is 5.97 Å². The van der Waals surface area contributed by atoms with E-state index in [2.05, 4.69) is 24.3 Å². The lowest BCUT2D eigenvalue weighted by molar-refractivity contribution is -0.137. The van der Waals surface area contributed by atoms with Gasteiger partial charge in [-0.05, 0) is 54.6 Å². The van der Waals surface area contributed by atoms with Gasteiger partial charge in [-0.3, -0.25) is 4.79 Å². The zero-order chi connectivity index (χ0) is 12.5. The van der Waals surface area contributed by atoms with Crippen molar-refractivity contribution in [1.82, 2.24) is 0 Å². The molecule has 0 amide bonds. The van der Waals surface area contributed by atoms with Crippen LogP contribution in [0.1, 0.15) is 61.5 Å². The first kappa shape index (κ1) is 11.8. The van der Waals surface area contributed by atoms with Crippen molar-refractivity contribution < 1.29 is 9.90 Å². The second kappa shape index (κ2) is 4.75. The molecule has 0 spiro atoms. The van der Waals surface area contributed by atoms with E-state index in [1.54, 1.807) is 0 Å². The summed E-state index contributed by atoms with van der Waals surface area (Å²) in [5.74, 6) is 0.913. The number of carboxylic acids is 1. The third-order valence-corrected chi connectivity index (χ3v) is 4.50. The summed E-state index contributed by atoms with van der Waals surface area (Å²) < 4.78 is 0. The van der Waals surface area contributed by atoms with Gasteiger partial charge in [-0.2, -0.15) is 0 Å². The molecule has 1 atom stereocenters. The minimum Gasteiger partial charge on any atom is -0.481 e. The Morgan fingerprint density at radius 1 is 1.28 bits per heavy atom. The smallest absolute Gasteiger partial charge is 0.303 e. The molecule has 0 bridgehead atoms. The molecule has 96 valence electrons. The van der Waals surface area contributed by atoms with E-state index in [1.165, 1.54) is 43.2 Å². The molecule has 1 N–H and O–H groups in total. The minimum atomic E-state index is -0.666. The Bertz CT molecular complexity index is 444. The Labute approximate surface area is 108 Å². The third-order valence-electron chi connectivity index (χ3n) is 4.50. The average Bonchev–Trinajstić information content (AvgIpc) is 3.07. The van der Waals surface area contributed by atoms with Gasteiger partial charge in [-0.1, -0.05) is 30.7 Å². The van der Waals surface area contributed by atoms with Crippen LogP contribution in [0, 0.1) is 5.92 Å². The first-order valence-electron chi connectivity index (χ1n) is 7.05. The molecule has 2 heteroatoms. The Morgan fingerprint density at radius 2 is 2.06 bits per heavy atom. The fourth-order valence-corrected chi connectivity index (χ4v) is 3.03. The van der Waals surface area contributed by atoms with E-state index in [0.717, 1.165) is 5.92 Å². The van der Waals surface area contributed by atoms with Crippen LogP contribution in [-0.4, -0.2) is 11.1 Å². The predicted octanol–water partition coefficient (Wildman–Crippen LogP) is 3.92. The molecule has 2 aliphatic carbocycles. The van der Waals surface area contributed by atoms with Crippen LogP contribution in [0.3, 0.4) is 0 Å². The van der Waals surface area contributed by atoms with Crippen molar-refractivity contribution >= 4 is 5.97 Å². The molecule has 1 aromatic carbocycles. The summed E-state index contributed by atoms with van der Waals surface area (Å²) in [5, 5.41) is 9.06. The van der Waals surface area contributed by atoms with Crippen molar-refractivity contribution in [3.63, 3.8) is 0 Å². The molecule has 2 nitrogen and oxygen atoms in total. The molecule has 0 heterocycles. The number of hydrogen-bond acceptors (Lipinski definition) is 1. The van der Waals surface area contributed by atoms with Gasteiger partial charge in [0.15, 0.2) is 0 Å². The van der Waals surface area contributed by atoms with Gasteiger partial charge in [0.25, 0.3) is 0 Å². The van der Waals surface area contributed by atoms with Gasteiger partial charge in [-0.15, -0.1) is 0 Å². The molecule has 3 rings (SSSR count). The van der Waals surface area contributed by atoms with E-state index in [-0.39, 0.29) is 5.92 Å². The second-order valence-corrected chi connectivity index (χ2v) is 5.84. The summed E-state index contributed by atoms with van der Waals surface area (Å²) in [6, 6.07) is 8.71. The molecular formula is C16H20O2. The molecular weight excluding hydrogens is 224 g/mol. The first-order valence-corrected chi connectivity index (χ1v) is 7.05. The van der Waals surface area contributed by atoms with E-state index in [4.69, 9.17) is 5.11 Å². The minimum absolute atomic E-state index is 0.238. The van der Waals surface area contributed by atoms with Crippen molar-refractivity contribution in [2.45, 2.75) is 50.4 Å². The highest BCUT2D eigenvalue weighted by Crippen LogP contribution is 2.45. The summed E-state index contributed by atoms with van der Waals surface area (Å²) >= 11 is 0. The fraction of sp³-hybridized carbons (Fsp3) is 0.562. The Balaban J connectivity index is 1.81. The Hall–Kier alpha value is -1.31. The zero-order valence-corrected chi connectivity index (χ0v) is 10.6. The summed E-state index contributed by atoms with van der Waals surface area (Å²) in [6.07, 6.45) is 6.64. The van der Waals surface area contributed by atoms with Crippen LogP contribution >= 0.6 is 0 Å². The topological polar surface area (TPSA) is 37.3 Å². The average molecular weight is 244 g/mol. The van der Waals surface area contributed by atoms with Gasteiger partial charge in [0.1, 0.15) is 0 Å². The monoisotopic (exact) mass is 244 g/mol. The van der Waals surface area contributed by atoms with Crippen LogP contribution in [0.25, 0.3) is 0 Å². The maximum atomic E-state index is 11.0. The number of carbonyl (C=O) groups is 1. The van der Waals surface area contributed by atoms with Crippen LogP contribution in [0.5, 0.6) is 0 Å². The lowest BCUT2D eigenvalue weighted by atomic mass is 9.78. The van der Waals surface area contributed by atoms with Crippen LogP contribution in [0.15, 0.2) is 24.3 Å². The van der Waals surface area contributed by atoms with E-state index < -0.39 is 5.97 Å². The molecule has 0 radical (unpaired) electrons. The lowest BCUT2D eigenvalue weighted by Gasteiger charge is -2.27. The highest BCUT2D eigenvalue weighted by molar-refractivity contribution is 5.68. The van der Waals surface area contributed by atoms with Gasteiger partial charge < -0.3 is 5.11 Å². The van der Waals surface area contributed by atoms with Crippen molar-refractivity contribution in [2.24, 2.45) is 5.92 Å². The standard InChI is InChI=1S/C16H20O2/c17-16(18)10-15(12-7-8-12)14-6-2-5-13(9-14)11-3-1-4-11/h2,5-6,9,11-12,15H,1,3-4,7-8,10H2,(H,17,18). The SMILES string of the molecule is O=C(O)CC(c1cccc(C2CCC2)c1)C1CC1. The number of hydrogen-bond donors (Lipinski definition) is 1. The first-order chi connectivity index (χ1) is 8.74. The Kier molecular flexibility index (Phi) is 3.11. The van der Waals surface area contributed by atoms with Gasteiger partial charge in [-0.25, -0.2) is 0 Å². The lowest BCUT2D eigenvalue weighted by Crippen LogP contribution is -2.11. The molecule has 0 aromatic heterocycles. The number of rotatable bonds is 5. The van der Waals surface area contributed by atoms with Crippen LogP contribution < -0.4 is 0 Å². The molecule has 1 unspecified atom stereocenters. The van der Waals surface area contributed by atoms with Crippen molar-refractivity contribution in [1.29, 1.82) is 0 Å². The quantitative estimate of drug-likeness (QED) is 0.852. The summed E-state index contributed by atoms with van der Waals surface area (Å²) in [5.41, 5.74) is 2.68. The molecule has 0 aliphatic heterocycles. The van der Waals surface area contributed by atoms with E-state index in [1.807, 2.05) is 0 Å². The van der Waals surface area contributed by atoms with Crippen LogP contribution in [-0.2, 0) is 4.79 Å². The van der Waals surface area contributed by atoms with Crippen LogP contribution in [0.4, 0.5) is 0 Å². The Morgan fingerprint density at radius 3 is 2.61 bits per heavy atom. The normalized spacial score (nSPS) is 21.3. The van der Waals surface area contributed by atoms with E-state index in [0.29, 0.717) is 12.3 Å². The van der Waals surface area contributed by atoms with E-state index >= 15 is 0 Å². The zero-order valence-electron chi connectivity index (χ0n) is 10.6. The molecule has 1 aromatic rings. The maximum absolute atomic E-state index is 11.0. The molecule has 2 fully saturated rings. The largest absolute Gasteiger partial charge is 0.481 e. The highest BCUT2D eigenvalue weighted by Gasteiger charge is 2.34. The predicted molar refractivity (Wildman–Crippen MR) is 70.8 cm³/mol. The van der Waals surface area contributed by atoms with E-state index in [9.17, 15) is 4.79 Å². The second-order valence-electron chi connectivity index (χ2n) is 5.84. The number of carboxylic acid groups (broad SMARTS) is 1. The van der Waals surface area contributed by atoms with Gasteiger partial charge in [0.2, 0.25) is 0 Å². The molecule has 18 heavy (non-hydrogen) atoms. The fourth-order valence-electron chi connectivity index (χ4n) is 3.03. The van der Waals surface area contributed by atoms with Crippen molar-refractivity contribution in [2.75, 3.05) is 0 Å². The third kappa shape index (κ3) is 2.43. The van der Waals surface area contributed by atoms with Gasteiger partial charge in [0.05, 0.1) is 6.42 Å². The summed E-state index contributed by atoms with van der Waals surface area (Å²) in [4.78, 5) is 11.0. The molecule has 2 saturated carbocycles. The van der Waals surface area contributed by atoms with Crippen LogP contribution in [0.2, 0.25) is 0 Å². The number of aliphatic carboxylic acids is 1. The maximum Gasteiger partial charge on any atom is 0.303 e. The molecule has 2 aliphatic rings. The summed E-state index contributed by atoms with van der Waals surface area (Å²) in [7, 11) is 0. The highest BCUT2D eigenvalue weighted by atomic mass is 16.4. The molecule has 0 saturated heterocycles. The summed E-state index contributed by atoms with van der Waals surface area (Å²) in [6.45, 7) is 0.